The molecule has 0 unspecified atom stereocenters. The van der Waals surface area contributed by atoms with E-state index in [9.17, 15) is 4.79 Å². The van der Waals surface area contributed by atoms with Gasteiger partial charge < -0.3 is 10.3 Å². The molecule has 0 radical (unpaired) electrons. The molecule has 1 aliphatic heterocycles. The van der Waals surface area contributed by atoms with Crippen molar-refractivity contribution in [2.24, 2.45) is 0 Å². The molecule has 1 fully saturated rings. The van der Waals surface area contributed by atoms with Crippen LogP contribution >= 0.6 is 11.3 Å². The van der Waals surface area contributed by atoms with Gasteiger partial charge in [0.1, 0.15) is 10.7 Å². The fraction of sp³-hybridized carbons (Fsp3) is 0.500. The summed E-state index contributed by atoms with van der Waals surface area (Å²) in [4.78, 5) is 22.0. The molecule has 1 aliphatic carbocycles. The van der Waals surface area contributed by atoms with Gasteiger partial charge in [0.25, 0.3) is 5.56 Å². The molecular weight excluding hydrogens is 234 g/mol. The summed E-state index contributed by atoms with van der Waals surface area (Å²) in [5, 5.41) is 4.18. The Morgan fingerprint density at radius 3 is 3.06 bits per heavy atom. The molecule has 0 spiro atoms. The maximum atomic E-state index is 12.2. The van der Waals surface area contributed by atoms with Crippen LogP contribution in [0.2, 0.25) is 0 Å². The summed E-state index contributed by atoms with van der Waals surface area (Å²) in [5.74, 6) is 1.40. The highest BCUT2D eigenvalue weighted by molar-refractivity contribution is 7.18. The molecule has 0 bridgehead atoms. The van der Waals surface area contributed by atoms with Gasteiger partial charge in [-0.25, -0.2) is 4.98 Å². The van der Waals surface area contributed by atoms with Crippen LogP contribution in [0.25, 0.3) is 10.2 Å². The molecule has 88 valence electrons. The Hall–Kier alpha value is -1.20. The number of H-pyrrole nitrogens is 1. The molecule has 2 aromatic heterocycles. The van der Waals surface area contributed by atoms with E-state index in [4.69, 9.17) is 0 Å². The molecule has 0 atom stereocenters. The lowest BCUT2D eigenvalue weighted by atomic mass is 10.1. The van der Waals surface area contributed by atoms with Crippen LogP contribution in [0.3, 0.4) is 0 Å². The van der Waals surface area contributed by atoms with E-state index in [2.05, 4.69) is 15.3 Å². The summed E-state index contributed by atoms with van der Waals surface area (Å²) in [6.07, 6.45) is 3.28. The average molecular weight is 247 g/mol. The lowest BCUT2D eigenvalue weighted by molar-refractivity contribution is 0.657. The summed E-state index contributed by atoms with van der Waals surface area (Å²) in [6, 6.07) is 0. The molecule has 2 N–H and O–H groups in total. The Bertz CT molecular complexity index is 654. The lowest BCUT2D eigenvalue weighted by Crippen LogP contribution is -2.23. The first-order valence-corrected chi connectivity index (χ1v) is 6.90. The van der Waals surface area contributed by atoms with Crippen LogP contribution in [0, 0.1) is 0 Å². The summed E-state index contributed by atoms with van der Waals surface area (Å²) in [7, 11) is 0. The van der Waals surface area contributed by atoms with Crippen LogP contribution in [0.15, 0.2) is 4.79 Å². The van der Waals surface area contributed by atoms with Gasteiger partial charge in [-0.2, -0.15) is 0 Å². The first-order valence-electron chi connectivity index (χ1n) is 6.08. The number of thiophene rings is 1. The summed E-state index contributed by atoms with van der Waals surface area (Å²) < 4.78 is 0. The molecule has 2 aromatic rings. The Morgan fingerprint density at radius 1 is 1.35 bits per heavy atom. The summed E-state index contributed by atoms with van der Waals surface area (Å²) in [5.41, 5.74) is 1.29. The van der Waals surface area contributed by atoms with Crippen LogP contribution in [0.5, 0.6) is 0 Å². The monoisotopic (exact) mass is 247 g/mol. The number of aromatic amines is 1. The largest absolute Gasteiger partial charge is 0.312 e. The molecule has 4 nitrogen and oxygen atoms in total. The fourth-order valence-electron chi connectivity index (χ4n) is 2.50. The number of nitrogens with zero attached hydrogens (tertiary/aromatic N) is 1. The van der Waals surface area contributed by atoms with Crippen LogP contribution < -0.4 is 10.9 Å². The molecule has 17 heavy (non-hydrogen) atoms. The van der Waals surface area contributed by atoms with Crippen molar-refractivity contribution in [3.63, 3.8) is 0 Å². The maximum Gasteiger partial charge on any atom is 0.259 e. The van der Waals surface area contributed by atoms with Crippen molar-refractivity contribution in [2.75, 3.05) is 6.54 Å². The van der Waals surface area contributed by atoms with Gasteiger partial charge in [-0.05, 0) is 31.4 Å². The van der Waals surface area contributed by atoms with Gasteiger partial charge in [0.05, 0.1) is 5.39 Å². The van der Waals surface area contributed by atoms with E-state index >= 15 is 0 Å². The predicted octanol–water partition coefficient (Wildman–Crippen LogP) is 1.51. The number of aromatic nitrogens is 2. The van der Waals surface area contributed by atoms with E-state index in [-0.39, 0.29) is 5.56 Å². The van der Waals surface area contributed by atoms with E-state index in [0.717, 1.165) is 35.6 Å². The fourth-order valence-corrected chi connectivity index (χ4v) is 3.70. The van der Waals surface area contributed by atoms with Crippen molar-refractivity contribution < 1.29 is 0 Å². The standard InChI is InChI=1S/C12H13N3OS/c16-11-9-7-3-4-13-5-8(7)17-12(9)15-10(14-11)6-1-2-6/h6,13H,1-5H2,(H,14,15,16). The van der Waals surface area contributed by atoms with E-state index in [0.29, 0.717) is 5.92 Å². The van der Waals surface area contributed by atoms with Crippen molar-refractivity contribution in [3.05, 3.63) is 26.6 Å². The Kier molecular flexibility index (Phi) is 1.96. The number of rotatable bonds is 1. The van der Waals surface area contributed by atoms with Crippen LogP contribution in [-0.2, 0) is 13.0 Å². The highest BCUT2D eigenvalue weighted by atomic mass is 32.1. The van der Waals surface area contributed by atoms with E-state index in [1.807, 2.05) is 0 Å². The summed E-state index contributed by atoms with van der Waals surface area (Å²) >= 11 is 1.68. The van der Waals surface area contributed by atoms with Gasteiger partial charge in [0.15, 0.2) is 0 Å². The minimum Gasteiger partial charge on any atom is -0.312 e. The highest BCUT2D eigenvalue weighted by Crippen LogP contribution is 2.39. The van der Waals surface area contributed by atoms with Crippen LogP contribution in [-0.4, -0.2) is 16.5 Å². The minimum atomic E-state index is 0.0660. The van der Waals surface area contributed by atoms with E-state index < -0.39 is 0 Å². The summed E-state index contributed by atoms with van der Waals surface area (Å²) in [6.45, 7) is 1.84. The zero-order valence-corrected chi connectivity index (χ0v) is 10.2. The SMILES string of the molecule is O=c1[nH]c(C2CC2)nc2sc3c(c12)CCNC3. The number of hydrogen-bond acceptors (Lipinski definition) is 4. The minimum absolute atomic E-state index is 0.0660. The van der Waals surface area contributed by atoms with Gasteiger partial charge in [0.2, 0.25) is 0 Å². The van der Waals surface area contributed by atoms with Crippen molar-refractivity contribution >= 4 is 21.6 Å². The quantitative estimate of drug-likeness (QED) is 0.803. The third-order valence-corrected chi connectivity index (χ3v) is 4.69. The number of nitrogens with one attached hydrogen (secondary N) is 2. The molecule has 2 aliphatic rings. The normalized spacial score (nSPS) is 19.5. The van der Waals surface area contributed by atoms with Gasteiger partial charge in [-0.1, -0.05) is 0 Å². The molecule has 0 aromatic carbocycles. The van der Waals surface area contributed by atoms with Gasteiger partial charge in [0, 0.05) is 17.3 Å². The third-order valence-electron chi connectivity index (χ3n) is 3.56. The smallest absolute Gasteiger partial charge is 0.259 e. The zero-order valence-electron chi connectivity index (χ0n) is 9.38. The second kappa shape index (κ2) is 3.40. The first kappa shape index (κ1) is 9.79. The lowest BCUT2D eigenvalue weighted by Gasteiger charge is -2.11. The van der Waals surface area contributed by atoms with Crippen LogP contribution in [0.4, 0.5) is 0 Å². The number of fused-ring (bicyclic) bond motifs is 3. The first-order chi connectivity index (χ1) is 8.33. The van der Waals surface area contributed by atoms with Crippen molar-refractivity contribution in [2.45, 2.75) is 31.7 Å². The topological polar surface area (TPSA) is 57.8 Å². The van der Waals surface area contributed by atoms with Gasteiger partial charge in [-0.15, -0.1) is 11.3 Å². The zero-order chi connectivity index (χ0) is 11.4. The predicted molar refractivity (Wildman–Crippen MR) is 67.6 cm³/mol. The third kappa shape index (κ3) is 1.46. The molecule has 4 rings (SSSR count). The molecule has 0 amide bonds. The van der Waals surface area contributed by atoms with Gasteiger partial charge in [-0.3, -0.25) is 4.79 Å². The highest BCUT2D eigenvalue weighted by Gasteiger charge is 2.28. The Balaban J connectivity index is 2.01. The van der Waals surface area contributed by atoms with Crippen molar-refractivity contribution in [1.29, 1.82) is 0 Å². The van der Waals surface area contributed by atoms with Crippen molar-refractivity contribution in [3.8, 4) is 0 Å². The molecule has 1 saturated carbocycles. The van der Waals surface area contributed by atoms with Crippen LogP contribution in [0.1, 0.15) is 35.0 Å². The maximum absolute atomic E-state index is 12.2. The van der Waals surface area contributed by atoms with Crippen molar-refractivity contribution in [1.82, 2.24) is 15.3 Å². The second-order valence-corrected chi connectivity index (χ2v) is 5.92. The van der Waals surface area contributed by atoms with E-state index in [1.165, 1.54) is 23.3 Å². The Labute approximate surface area is 102 Å². The van der Waals surface area contributed by atoms with Gasteiger partial charge >= 0.3 is 0 Å². The second-order valence-electron chi connectivity index (χ2n) is 4.84. The average Bonchev–Trinajstić information content (AvgIpc) is 3.09. The van der Waals surface area contributed by atoms with E-state index in [1.54, 1.807) is 11.3 Å². The Morgan fingerprint density at radius 2 is 2.24 bits per heavy atom. The number of hydrogen-bond donors (Lipinski definition) is 2. The molecular formula is C12H13N3OS. The molecule has 3 heterocycles. The molecule has 0 saturated heterocycles. The molecule has 5 heteroatoms.